The minimum Gasteiger partial charge on any atom is -0.384 e. The number of rotatable bonds is 8. The van der Waals surface area contributed by atoms with Gasteiger partial charge in [-0.2, -0.15) is 0 Å². The van der Waals surface area contributed by atoms with Crippen molar-refractivity contribution in [2.24, 2.45) is 5.73 Å². The molecular weight excluding hydrogens is 313 g/mol. The molecule has 128 valence electrons. The van der Waals surface area contributed by atoms with E-state index in [0.717, 1.165) is 0 Å². The Balaban J connectivity index is 2.34. The molecule has 0 spiro atoms. The molecule has 2 aromatic rings. The quantitative estimate of drug-likeness (QED) is 0.685. The van der Waals surface area contributed by atoms with E-state index >= 15 is 0 Å². The summed E-state index contributed by atoms with van der Waals surface area (Å²) in [6, 6.07) is 6.26. The molecule has 7 heteroatoms. The number of carbonyl (C=O) groups is 2. The Morgan fingerprint density at radius 3 is 2.75 bits per heavy atom. The molecule has 1 heterocycles. The van der Waals surface area contributed by atoms with Crippen LogP contribution in [-0.2, 0) is 16.0 Å². The number of primary amides is 1. The summed E-state index contributed by atoms with van der Waals surface area (Å²) in [5.74, 6) is -1.31. The summed E-state index contributed by atoms with van der Waals surface area (Å²) in [7, 11) is 1.57. The van der Waals surface area contributed by atoms with Gasteiger partial charge in [0.2, 0.25) is 5.91 Å². The molecule has 0 saturated carbocycles. The molecule has 4 N–H and O–H groups in total. The van der Waals surface area contributed by atoms with Gasteiger partial charge in [0.15, 0.2) is 0 Å². The largest absolute Gasteiger partial charge is 0.384 e. The Hall–Kier alpha value is -2.67. The van der Waals surface area contributed by atoms with Gasteiger partial charge in [0, 0.05) is 49.5 Å². The van der Waals surface area contributed by atoms with Gasteiger partial charge in [-0.15, -0.1) is 0 Å². The minimum absolute atomic E-state index is 0.0434. The maximum absolute atomic E-state index is 14.2. The van der Waals surface area contributed by atoms with Crippen LogP contribution in [0.25, 0.3) is 11.1 Å². The number of benzene rings is 1. The molecule has 24 heavy (non-hydrogen) atoms. The Kier molecular flexibility index (Phi) is 6.08. The molecule has 6 nitrogen and oxygen atoms in total. The van der Waals surface area contributed by atoms with Gasteiger partial charge >= 0.3 is 0 Å². The van der Waals surface area contributed by atoms with Crippen molar-refractivity contribution in [3.05, 3.63) is 47.5 Å². The fourth-order valence-corrected chi connectivity index (χ4v) is 2.41. The van der Waals surface area contributed by atoms with Crippen molar-refractivity contribution >= 4 is 11.8 Å². The highest BCUT2D eigenvalue weighted by Gasteiger charge is 2.20. The van der Waals surface area contributed by atoms with Crippen LogP contribution in [0.1, 0.15) is 22.5 Å². The van der Waals surface area contributed by atoms with E-state index in [0.29, 0.717) is 35.4 Å². The maximum Gasteiger partial charge on any atom is 0.253 e. The highest BCUT2D eigenvalue weighted by molar-refractivity contribution is 6.01. The Labute approximate surface area is 139 Å². The first-order valence-electron chi connectivity index (χ1n) is 7.55. The third kappa shape index (κ3) is 4.20. The number of ether oxygens (including phenoxy) is 1. The monoisotopic (exact) mass is 333 g/mol. The average molecular weight is 333 g/mol. The van der Waals surface area contributed by atoms with Gasteiger partial charge < -0.3 is 20.8 Å². The van der Waals surface area contributed by atoms with Crippen LogP contribution >= 0.6 is 0 Å². The second-order valence-electron chi connectivity index (χ2n) is 5.25. The zero-order valence-electron chi connectivity index (χ0n) is 13.4. The molecule has 0 aliphatic carbocycles. The molecule has 0 atom stereocenters. The van der Waals surface area contributed by atoms with E-state index in [4.69, 9.17) is 10.5 Å². The summed E-state index contributed by atoms with van der Waals surface area (Å²) < 4.78 is 19.3. The first-order chi connectivity index (χ1) is 11.5. The number of aromatic nitrogens is 1. The summed E-state index contributed by atoms with van der Waals surface area (Å²) >= 11 is 0. The molecule has 2 rings (SSSR count). The van der Waals surface area contributed by atoms with Crippen LogP contribution in [0.4, 0.5) is 4.39 Å². The third-order valence-corrected chi connectivity index (χ3v) is 3.56. The van der Waals surface area contributed by atoms with Crippen molar-refractivity contribution < 1.29 is 18.7 Å². The highest BCUT2D eigenvalue weighted by atomic mass is 19.1. The summed E-state index contributed by atoms with van der Waals surface area (Å²) in [6.07, 6.45) is 2.09. The van der Waals surface area contributed by atoms with Gasteiger partial charge in [-0.25, -0.2) is 4.39 Å². The normalized spacial score (nSPS) is 10.6. The lowest BCUT2D eigenvalue weighted by molar-refractivity contribution is -0.117. The molecule has 0 unspecified atom stereocenters. The maximum atomic E-state index is 14.2. The van der Waals surface area contributed by atoms with Gasteiger partial charge in [-0.1, -0.05) is 18.2 Å². The number of amides is 2. The molecule has 1 aromatic heterocycles. The number of carbonyl (C=O) groups excluding carboxylic acids is 2. The third-order valence-electron chi connectivity index (χ3n) is 3.56. The minimum atomic E-state index is -0.500. The number of nitrogens with two attached hydrogens (primary N) is 1. The van der Waals surface area contributed by atoms with E-state index in [1.807, 2.05) is 0 Å². The van der Waals surface area contributed by atoms with Crippen molar-refractivity contribution in [3.63, 3.8) is 0 Å². The molecule has 0 aliphatic heterocycles. The molecule has 0 bridgehead atoms. The lowest BCUT2D eigenvalue weighted by atomic mass is 9.99. The number of hydrogen-bond acceptors (Lipinski definition) is 3. The summed E-state index contributed by atoms with van der Waals surface area (Å²) in [5, 5.41) is 2.62. The molecule has 2 amide bonds. The van der Waals surface area contributed by atoms with Crippen LogP contribution in [0.3, 0.4) is 0 Å². The summed E-state index contributed by atoms with van der Waals surface area (Å²) in [6.45, 7) is 0.564. The van der Waals surface area contributed by atoms with Crippen molar-refractivity contribution in [2.75, 3.05) is 20.3 Å². The lowest BCUT2D eigenvalue weighted by Gasteiger charge is -2.09. The number of H-pyrrole nitrogens is 1. The van der Waals surface area contributed by atoms with Gasteiger partial charge in [0.05, 0.1) is 12.2 Å². The fourth-order valence-electron chi connectivity index (χ4n) is 2.41. The topological polar surface area (TPSA) is 97.2 Å². The number of hydrogen-bond donors (Lipinski definition) is 3. The smallest absolute Gasteiger partial charge is 0.253 e. The zero-order valence-corrected chi connectivity index (χ0v) is 13.4. The van der Waals surface area contributed by atoms with Crippen molar-refractivity contribution in [3.8, 4) is 11.1 Å². The van der Waals surface area contributed by atoms with Crippen LogP contribution in [0.2, 0.25) is 0 Å². The number of methoxy groups -OCH3 is 1. The Bertz CT molecular complexity index is 728. The second kappa shape index (κ2) is 8.26. The average Bonchev–Trinajstić information content (AvgIpc) is 2.96. The van der Waals surface area contributed by atoms with Crippen molar-refractivity contribution in [1.82, 2.24) is 10.3 Å². The summed E-state index contributed by atoms with van der Waals surface area (Å²) in [4.78, 5) is 26.2. The van der Waals surface area contributed by atoms with Gasteiger partial charge in [0.1, 0.15) is 5.82 Å². The van der Waals surface area contributed by atoms with Crippen LogP contribution in [0.15, 0.2) is 30.5 Å². The van der Waals surface area contributed by atoms with E-state index < -0.39 is 17.6 Å². The van der Waals surface area contributed by atoms with Gasteiger partial charge in [-0.05, 0) is 6.07 Å². The molecule has 0 aliphatic rings. The van der Waals surface area contributed by atoms with Crippen LogP contribution in [-0.4, -0.2) is 37.1 Å². The Morgan fingerprint density at radius 2 is 2.08 bits per heavy atom. The van der Waals surface area contributed by atoms with E-state index in [2.05, 4.69) is 10.3 Å². The van der Waals surface area contributed by atoms with E-state index in [1.165, 1.54) is 12.3 Å². The van der Waals surface area contributed by atoms with E-state index in [1.54, 1.807) is 25.3 Å². The van der Waals surface area contributed by atoms with Gasteiger partial charge in [0.25, 0.3) is 5.91 Å². The molecule has 1 aromatic carbocycles. The predicted octanol–water partition coefficient (Wildman–Crippen LogP) is 1.61. The van der Waals surface area contributed by atoms with E-state index in [-0.39, 0.29) is 13.0 Å². The first kappa shape index (κ1) is 17.7. The molecule has 0 saturated heterocycles. The number of halogens is 1. The SMILES string of the molecule is COCCc1[nH]cc(C(=O)NCCC(N)=O)c1-c1ccccc1F. The summed E-state index contributed by atoms with van der Waals surface area (Å²) in [5.41, 5.74) is 6.92. The second-order valence-corrected chi connectivity index (χ2v) is 5.25. The lowest BCUT2D eigenvalue weighted by Crippen LogP contribution is -2.28. The fraction of sp³-hybridized carbons (Fsp3) is 0.294. The Morgan fingerprint density at radius 1 is 1.33 bits per heavy atom. The standard InChI is InChI=1S/C17H20FN3O3/c1-24-9-7-14-16(11-4-2-3-5-13(11)18)12(10-21-14)17(23)20-8-6-15(19)22/h2-5,10,21H,6-9H2,1H3,(H2,19,22)(H,20,23). The van der Waals surface area contributed by atoms with Crippen LogP contribution in [0.5, 0.6) is 0 Å². The highest BCUT2D eigenvalue weighted by Crippen LogP contribution is 2.30. The van der Waals surface area contributed by atoms with Gasteiger partial charge in [-0.3, -0.25) is 9.59 Å². The van der Waals surface area contributed by atoms with Crippen molar-refractivity contribution in [2.45, 2.75) is 12.8 Å². The molecule has 0 fully saturated rings. The van der Waals surface area contributed by atoms with Crippen LogP contribution < -0.4 is 11.1 Å². The number of aromatic amines is 1. The molecule has 0 radical (unpaired) electrons. The number of nitrogens with one attached hydrogen (secondary N) is 2. The first-order valence-corrected chi connectivity index (χ1v) is 7.55. The van der Waals surface area contributed by atoms with Crippen molar-refractivity contribution in [1.29, 1.82) is 0 Å². The van der Waals surface area contributed by atoms with E-state index in [9.17, 15) is 14.0 Å². The zero-order chi connectivity index (χ0) is 17.5. The van der Waals surface area contributed by atoms with Crippen LogP contribution in [0, 0.1) is 5.82 Å². The molecular formula is C17H20FN3O3. The predicted molar refractivity (Wildman–Crippen MR) is 87.9 cm³/mol.